The third kappa shape index (κ3) is 9.17. The molecule has 0 amide bonds. The highest BCUT2D eigenvalue weighted by Crippen LogP contribution is 2.76. The summed E-state index contributed by atoms with van der Waals surface area (Å²) >= 11 is 0. The minimum Gasteiger partial charge on any atom is -0.481 e. The van der Waals surface area contributed by atoms with Gasteiger partial charge in [0.25, 0.3) is 0 Å². The van der Waals surface area contributed by atoms with Crippen LogP contribution in [0.25, 0.3) is 0 Å². The fraction of sp³-hybridized carbons (Fsp3) is 0.943. The summed E-state index contributed by atoms with van der Waals surface area (Å²) in [6, 6.07) is 0. The van der Waals surface area contributed by atoms with Crippen molar-refractivity contribution >= 4 is 5.97 Å². The van der Waals surface area contributed by atoms with Gasteiger partial charge in [-0.25, -0.2) is 0 Å². The van der Waals surface area contributed by atoms with Crippen LogP contribution in [0.4, 0.5) is 0 Å². The summed E-state index contributed by atoms with van der Waals surface area (Å²) in [7, 11) is 0. The fourth-order valence-corrected chi connectivity index (χ4v) is 16.3. The molecule has 0 spiro atoms. The molecule has 27 unspecified atom stereocenters. The molecule has 4 saturated carbocycles. The smallest absolute Gasteiger partial charge is 0.310 e. The van der Waals surface area contributed by atoms with Crippen molar-refractivity contribution in [2.45, 2.75) is 242 Å². The Hall–Kier alpha value is -1.55. The number of allylic oxidation sites excluding steroid dienone is 2. The number of hydrogen-bond donors (Lipinski definition) is 12. The molecule has 0 bridgehead atoms. The summed E-state index contributed by atoms with van der Waals surface area (Å²) < 4.78 is 48.8. The number of rotatable bonds is 11. The summed E-state index contributed by atoms with van der Waals surface area (Å²) in [5.41, 5.74) is -0.257. The van der Waals surface area contributed by atoms with Gasteiger partial charge in [0.15, 0.2) is 25.2 Å². The highest BCUT2D eigenvalue weighted by atomic mass is 16.8. The van der Waals surface area contributed by atoms with Crippen LogP contribution in [-0.2, 0) is 42.7 Å². The highest BCUT2D eigenvalue weighted by molar-refractivity contribution is 5.76. The standard InChI is InChI=1S/C53H86O21/c1-23-32(56)41(73-44-39(63)37(61)34(58)27(21-55)70-44)40(64)45(68-23)74-42-35(59)28(71-43-38(62)36(60)33(57)26(20-54)69-43)22-67-46(42)72-31-12-13-50(6)29(49(31,4)5)11-14-52(8)30(50)10-9-24-25-19-48(2,3)15-17-53(25,47(65)66)18-16-51(24,52)7/h9,23,25-46,54-64H,10-22H2,1-8H3,(H,65,66). The Kier molecular flexibility index (Phi) is 15.8. The van der Waals surface area contributed by atoms with Crippen LogP contribution in [0.5, 0.6) is 0 Å². The largest absolute Gasteiger partial charge is 0.481 e. The van der Waals surface area contributed by atoms with Crippen LogP contribution in [0.1, 0.15) is 120 Å². The first-order valence-corrected chi connectivity index (χ1v) is 27.1. The van der Waals surface area contributed by atoms with Crippen LogP contribution in [0.15, 0.2) is 11.6 Å². The van der Waals surface area contributed by atoms with Crippen molar-refractivity contribution in [1.82, 2.24) is 0 Å². The van der Waals surface area contributed by atoms with Gasteiger partial charge in [-0.05, 0) is 116 Å². The number of aliphatic carboxylic acids is 1. The van der Waals surface area contributed by atoms with Crippen molar-refractivity contribution in [3.8, 4) is 0 Å². The van der Waals surface area contributed by atoms with Gasteiger partial charge in [0, 0.05) is 0 Å². The van der Waals surface area contributed by atoms with E-state index in [0.29, 0.717) is 25.2 Å². The number of carboxylic acid groups (broad SMARTS) is 1. The van der Waals surface area contributed by atoms with E-state index in [1.165, 1.54) is 12.5 Å². The predicted molar refractivity (Wildman–Crippen MR) is 256 cm³/mol. The van der Waals surface area contributed by atoms with Crippen molar-refractivity contribution in [2.75, 3.05) is 19.8 Å². The number of ether oxygens (including phenoxy) is 8. The Morgan fingerprint density at radius 3 is 1.80 bits per heavy atom. The molecular weight excluding hydrogens is 973 g/mol. The maximum absolute atomic E-state index is 13.2. The van der Waals surface area contributed by atoms with Crippen molar-refractivity contribution < 1.29 is 104 Å². The van der Waals surface area contributed by atoms with Gasteiger partial charge in [-0.3, -0.25) is 4.79 Å². The monoisotopic (exact) mass is 1060 g/mol. The van der Waals surface area contributed by atoms with Crippen LogP contribution < -0.4 is 0 Å². The maximum Gasteiger partial charge on any atom is 0.310 e. The fourth-order valence-electron chi connectivity index (χ4n) is 16.3. The Balaban J connectivity index is 0.971. The average molecular weight is 1060 g/mol. The molecule has 424 valence electrons. The molecule has 12 N–H and O–H groups in total. The molecule has 0 aromatic carbocycles. The minimum atomic E-state index is -1.89. The first-order chi connectivity index (χ1) is 34.6. The first-order valence-electron chi connectivity index (χ1n) is 27.1. The second kappa shape index (κ2) is 20.5. The lowest BCUT2D eigenvalue weighted by Gasteiger charge is -2.71. The number of carbonyl (C=O) groups is 1. The van der Waals surface area contributed by atoms with Crippen LogP contribution >= 0.6 is 0 Å². The molecule has 21 heteroatoms. The lowest BCUT2D eigenvalue weighted by atomic mass is 9.33. The average Bonchev–Trinajstić information content (AvgIpc) is 3.35. The van der Waals surface area contributed by atoms with Gasteiger partial charge in [-0.2, -0.15) is 0 Å². The zero-order valence-electron chi connectivity index (χ0n) is 44.1. The van der Waals surface area contributed by atoms with Gasteiger partial charge in [0.05, 0.1) is 37.4 Å². The topological polar surface area (TPSA) is 334 Å². The first kappa shape index (κ1) is 57.1. The van der Waals surface area contributed by atoms with E-state index < -0.39 is 153 Å². The third-order valence-corrected chi connectivity index (χ3v) is 21.1. The quantitative estimate of drug-likeness (QED) is 0.0971. The van der Waals surface area contributed by atoms with E-state index >= 15 is 0 Å². The second-order valence-electron chi connectivity index (χ2n) is 25.8. The van der Waals surface area contributed by atoms with E-state index in [9.17, 15) is 66.1 Å². The van der Waals surface area contributed by atoms with Gasteiger partial charge < -0.3 is 99.2 Å². The highest BCUT2D eigenvalue weighted by Gasteiger charge is 2.70. The molecule has 9 rings (SSSR count). The van der Waals surface area contributed by atoms with Crippen LogP contribution in [-0.4, -0.2) is 210 Å². The Morgan fingerprint density at radius 2 is 1.19 bits per heavy atom. The molecule has 0 radical (unpaired) electrons. The van der Waals surface area contributed by atoms with E-state index in [0.717, 1.165) is 44.9 Å². The van der Waals surface area contributed by atoms with Gasteiger partial charge >= 0.3 is 5.97 Å². The molecular formula is C53H86O21. The van der Waals surface area contributed by atoms with Crippen LogP contribution in [0.3, 0.4) is 0 Å². The predicted octanol–water partition coefficient (Wildman–Crippen LogP) is 0.197. The molecule has 9 aliphatic rings. The molecule has 74 heavy (non-hydrogen) atoms. The molecule has 0 aromatic rings. The van der Waals surface area contributed by atoms with E-state index in [1.807, 2.05) is 0 Å². The van der Waals surface area contributed by atoms with E-state index in [2.05, 4.69) is 54.5 Å². The van der Waals surface area contributed by atoms with Crippen molar-refractivity contribution in [3.05, 3.63) is 11.6 Å². The minimum absolute atomic E-state index is 0.0103. The van der Waals surface area contributed by atoms with Crippen molar-refractivity contribution in [3.63, 3.8) is 0 Å². The normalized spacial score (nSPS) is 54.1. The van der Waals surface area contributed by atoms with E-state index in [-0.39, 0.29) is 40.1 Å². The molecule has 8 fully saturated rings. The summed E-state index contributed by atoms with van der Waals surface area (Å²) in [6.45, 7) is 15.8. The summed E-state index contributed by atoms with van der Waals surface area (Å²) in [5.74, 6) is -0.226. The molecule has 27 atom stereocenters. The number of aliphatic hydroxyl groups excluding tert-OH is 11. The Morgan fingerprint density at radius 1 is 0.608 bits per heavy atom. The molecule has 21 nitrogen and oxygen atoms in total. The molecule has 0 aromatic heterocycles. The number of aliphatic hydroxyl groups is 11. The third-order valence-electron chi connectivity index (χ3n) is 21.1. The number of hydrogen-bond acceptors (Lipinski definition) is 20. The molecule has 4 heterocycles. The summed E-state index contributed by atoms with van der Waals surface area (Å²) in [4.78, 5) is 13.2. The zero-order valence-corrected chi connectivity index (χ0v) is 44.1. The second-order valence-corrected chi connectivity index (χ2v) is 25.8. The van der Waals surface area contributed by atoms with Crippen molar-refractivity contribution in [1.29, 1.82) is 0 Å². The number of fused-ring (bicyclic) bond motifs is 7. The van der Waals surface area contributed by atoms with Gasteiger partial charge in [0.1, 0.15) is 85.5 Å². The summed E-state index contributed by atoms with van der Waals surface area (Å²) in [6.07, 6.45) is -20.8. The van der Waals surface area contributed by atoms with Crippen LogP contribution in [0.2, 0.25) is 0 Å². The molecule has 5 aliphatic carbocycles. The SMILES string of the molecule is CC1OC(OC2C(OC3CCC4(C)C(CCC5(C)C4CC=C4C6CC(C)(C)CCC6(C(=O)O)CCC45C)C3(C)C)OCC(OC3OC(CO)C(O)C(O)C3O)C2O)C(O)C(OC2OC(CO)C(O)C(O)C2O)C1O. The van der Waals surface area contributed by atoms with Crippen LogP contribution in [0, 0.1) is 50.2 Å². The van der Waals surface area contributed by atoms with Gasteiger partial charge in [-0.15, -0.1) is 0 Å². The lowest BCUT2D eigenvalue weighted by molar-refractivity contribution is -0.391. The Bertz CT molecular complexity index is 2040. The molecule has 4 saturated heterocycles. The lowest BCUT2D eigenvalue weighted by Crippen LogP contribution is -2.67. The number of carboxylic acids is 1. The van der Waals surface area contributed by atoms with Gasteiger partial charge in [0.2, 0.25) is 0 Å². The zero-order chi connectivity index (χ0) is 54.0. The summed E-state index contributed by atoms with van der Waals surface area (Å²) in [5, 5.41) is 129. The maximum atomic E-state index is 13.2. The van der Waals surface area contributed by atoms with E-state index in [1.54, 1.807) is 0 Å². The van der Waals surface area contributed by atoms with E-state index in [4.69, 9.17) is 37.9 Å². The molecule has 4 aliphatic heterocycles. The van der Waals surface area contributed by atoms with Crippen molar-refractivity contribution in [2.24, 2.45) is 50.2 Å². The van der Waals surface area contributed by atoms with Gasteiger partial charge in [-0.1, -0.05) is 60.1 Å². The Labute approximate surface area is 433 Å².